The third kappa shape index (κ3) is 2.54. The number of nitrogens with zero attached hydrogens (tertiary/aromatic N) is 2. The molecule has 19 heavy (non-hydrogen) atoms. The number of rotatable bonds is 1. The van der Waals surface area contributed by atoms with Crippen LogP contribution in [0.1, 0.15) is 5.89 Å². The lowest BCUT2D eigenvalue weighted by Gasteiger charge is -2.03. The average molecular weight is 314 g/mol. The van der Waals surface area contributed by atoms with Gasteiger partial charge in [-0.25, -0.2) is 0 Å². The summed E-state index contributed by atoms with van der Waals surface area (Å²) in [5.74, 6) is 0.285. The predicted octanol–water partition coefficient (Wildman–Crippen LogP) is 4.72. The van der Waals surface area contributed by atoms with Crippen LogP contribution in [0.15, 0.2) is 46.9 Å². The van der Waals surface area contributed by atoms with Crippen LogP contribution in [0.4, 0.5) is 0 Å². The smallest absolute Gasteiger partial charge is 0.268 e. The molecule has 3 rings (SSSR count). The minimum atomic E-state index is -1.71. The topological polar surface area (TPSA) is 38.9 Å². The molecule has 0 bridgehead atoms. The van der Waals surface area contributed by atoms with E-state index in [0.717, 1.165) is 16.3 Å². The Hall–Kier alpha value is -1.29. The zero-order chi connectivity index (χ0) is 13.5. The van der Waals surface area contributed by atoms with E-state index in [0.29, 0.717) is 5.89 Å². The fourth-order valence-electron chi connectivity index (χ4n) is 1.78. The molecule has 0 spiro atoms. The zero-order valence-corrected chi connectivity index (χ0v) is 11.7. The Balaban J connectivity index is 2.07. The molecule has 0 saturated carbocycles. The molecule has 96 valence electrons. The molecule has 3 aromatic rings. The Labute approximate surface area is 124 Å². The molecule has 0 aliphatic heterocycles. The Morgan fingerprint density at radius 2 is 1.63 bits per heavy atom. The van der Waals surface area contributed by atoms with Crippen LogP contribution in [-0.4, -0.2) is 10.2 Å². The molecule has 1 aromatic heterocycles. The first kappa shape index (κ1) is 12.7. The van der Waals surface area contributed by atoms with Crippen molar-refractivity contribution < 1.29 is 4.42 Å². The van der Waals surface area contributed by atoms with Gasteiger partial charge in [0.1, 0.15) is 0 Å². The van der Waals surface area contributed by atoms with Crippen LogP contribution < -0.4 is 0 Å². The van der Waals surface area contributed by atoms with Gasteiger partial charge in [0.05, 0.1) is 0 Å². The van der Waals surface area contributed by atoms with E-state index in [-0.39, 0.29) is 5.89 Å². The Morgan fingerprint density at radius 3 is 2.32 bits per heavy atom. The molecule has 0 atom stereocenters. The summed E-state index contributed by atoms with van der Waals surface area (Å²) in [6.07, 6.45) is 0. The van der Waals surface area contributed by atoms with Crippen molar-refractivity contribution in [2.45, 2.75) is 3.79 Å². The van der Waals surface area contributed by atoms with Gasteiger partial charge in [-0.05, 0) is 22.9 Å². The summed E-state index contributed by atoms with van der Waals surface area (Å²) in [5, 5.41) is 9.83. The van der Waals surface area contributed by atoms with Gasteiger partial charge in [0, 0.05) is 5.56 Å². The minimum Gasteiger partial charge on any atom is -0.416 e. The zero-order valence-electron chi connectivity index (χ0n) is 9.48. The maximum absolute atomic E-state index is 5.69. The number of hydrogen-bond donors (Lipinski definition) is 0. The van der Waals surface area contributed by atoms with Gasteiger partial charge in [-0.1, -0.05) is 65.1 Å². The number of alkyl halides is 3. The van der Waals surface area contributed by atoms with Gasteiger partial charge in [0.2, 0.25) is 5.89 Å². The second-order valence-electron chi connectivity index (χ2n) is 3.97. The van der Waals surface area contributed by atoms with E-state index < -0.39 is 3.79 Å². The first-order chi connectivity index (χ1) is 9.04. The summed E-state index contributed by atoms with van der Waals surface area (Å²) in [5.41, 5.74) is 0.784. The van der Waals surface area contributed by atoms with Crippen molar-refractivity contribution in [3.05, 3.63) is 48.4 Å². The van der Waals surface area contributed by atoms with Crippen LogP contribution in [-0.2, 0) is 3.79 Å². The molecule has 2 aromatic carbocycles. The van der Waals surface area contributed by atoms with Crippen LogP contribution in [0, 0.1) is 0 Å². The van der Waals surface area contributed by atoms with E-state index >= 15 is 0 Å². The number of hydrogen-bond acceptors (Lipinski definition) is 3. The normalized spacial score (nSPS) is 11.9. The van der Waals surface area contributed by atoms with Crippen molar-refractivity contribution in [3.63, 3.8) is 0 Å². The van der Waals surface area contributed by atoms with E-state index in [2.05, 4.69) is 10.2 Å². The van der Waals surface area contributed by atoms with Crippen molar-refractivity contribution in [2.75, 3.05) is 0 Å². The molecule has 3 nitrogen and oxygen atoms in total. The van der Waals surface area contributed by atoms with Crippen molar-refractivity contribution in [3.8, 4) is 11.5 Å². The molecule has 0 aliphatic carbocycles. The average Bonchev–Trinajstić information content (AvgIpc) is 2.87. The fourth-order valence-corrected chi connectivity index (χ4v) is 2.01. The molecule has 0 saturated heterocycles. The summed E-state index contributed by atoms with van der Waals surface area (Å²) in [6, 6.07) is 13.8. The van der Waals surface area contributed by atoms with E-state index in [9.17, 15) is 0 Å². The molecule has 1 heterocycles. The number of benzene rings is 2. The number of fused-ring (bicyclic) bond motifs is 1. The lowest BCUT2D eigenvalue weighted by Crippen LogP contribution is -1.99. The van der Waals surface area contributed by atoms with E-state index in [1.54, 1.807) is 0 Å². The quantitative estimate of drug-likeness (QED) is 0.610. The summed E-state index contributed by atoms with van der Waals surface area (Å²) in [6.45, 7) is 0. The minimum absolute atomic E-state index is 0.0411. The van der Waals surface area contributed by atoms with Crippen LogP contribution in [0.25, 0.3) is 22.2 Å². The van der Waals surface area contributed by atoms with E-state index in [1.807, 2.05) is 42.5 Å². The second kappa shape index (κ2) is 4.67. The Morgan fingerprint density at radius 1 is 0.895 bits per heavy atom. The largest absolute Gasteiger partial charge is 0.416 e. The third-order valence-corrected chi connectivity index (χ3v) is 3.15. The molecular formula is C13H7Cl3N2O. The standard InChI is InChI=1S/C13H7Cl3N2O/c14-13(15,16)12-18-17-11(19-12)10-6-5-8-3-1-2-4-9(8)7-10/h1-7H. The van der Waals surface area contributed by atoms with Crippen molar-refractivity contribution in [2.24, 2.45) is 0 Å². The van der Waals surface area contributed by atoms with Gasteiger partial charge in [-0.2, -0.15) is 0 Å². The molecule has 0 radical (unpaired) electrons. The van der Waals surface area contributed by atoms with Gasteiger partial charge in [0.15, 0.2) is 0 Å². The highest BCUT2D eigenvalue weighted by Gasteiger charge is 2.30. The summed E-state index contributed by atoms with van der Waals surface area (Å²) < 4.78 is 3.66. The summed E-state index contributed by atoms with van der Waals surface area (Å²) >= 11 is 17.1. The molecule has 0 aliphatic rings. The predicted molar refractivity (Wildman–Crippen MR) is 76.5 cm³/mol. The van der Waals surface area contributed by atoms with Crippen LogP contribution in [0.3, 0.4) is 0 Å². The molecule has 0 unspecified atom stereocenters. The Kier molecular flexibility index (Phi) is 3.13. The van der Waals surface area contributed by atoms with Gasteiger partial charge in [-0.15, -0.1) is 10.2 Å². The third-order valence-electron chi connectivity index (χ3n) is 2.66. The maximum atomic E-state index is 5.69. The highest BCUT2D eigenvalue weighted by molar-refractivity contribution is 6.66. The van der Waals surface area contributed by atoms with E-state index in [4.69, 9.17) is 39.2 Å². The van der Waals surface area contributed by atoms with Gasteiger partial charge >= 0.3 is 0 Å². The highest BCUT2D eigenvalue weighted by Crippen LogP contribution is 2.38. The maximum Gasteiger partial charge on any atom is 0.268 e. The molecular weight excluding hydrogens is 307 g/mol. The second-order valence-corrected chi connectivity index (χ2v) is 6.25. The Bertz CT molecular complexity index is 734. The van der Waals surface area contributed by atoms with Crippen LogP contribution >= 0.6 is 34.8 Å². The van der Waals surface area contributed by atoms with Gasteiger partial charge in [-0.3, -0.25) is 0 Å². The SMILES string of the molecule is ClC(Cl)(Cl)c1nnc(-c2ccc3ccccc3c2)o1. The fraction of sp³-hybridized carbons (Fsp3) is 0.0769. The summed E-state index contributed by atoms with van der Waals surface area (Å²) in [7, 11) is 0. The van der Waals surface area contributed by atoms with Crippen molar-refractivity contribution in [1.29, 1.82) is 0 Å². The number of aromatic nitrogens is 2. The molecule has 6 heteroatoms. The van der Waals surface area contributed by atoms with Crippen LogP contribution in [0.5, 0.6) is 0 Å². The first-order valence-corrected chi connectivity index (χ1v) is 6.57. The van der Waals surface area contributed by atoms with Crippen molar-refractivity contribution >= 4 is 45.6 Å². The monoisotopic (exact) mass is 312 g/mol. The first-order valence-electron chi connectivity index (χ1n) is 5.44. The van der Waals surface area contributed by atoms with E-state index in [1.165, 1.54) is 0 Å². The van der Waals surface area contributed by atoms with Crippen LogP contribution in [0.2, 0.25) is 0 Å². The van der Waals surface area contributed by atoms with Gasteiger partial charge < -0.3 is 4.42 Å². The van der Waals surface area contributed by atoms with Gasteiger partial charge in [0.25, 0.3) is 9.68 Å². The molecule has 0 fully saturated rings. The highest BCUT2D eigenvalue weighted by atomic mass is 35.6. The lowest BCUT2D eigenvalue weighted by molar-refractivity contribution is 0.514. The molecule has 0 N–H and O–H groups in total. The number of halogens is 3. The van der Waals surface area contributed by atoms with Crippen molar-refractivity contribution in [1.82, 2.24) is 10.2 Å². The molecule has 0 amide bonds. The summed E-state index contributed by atoms with van der Waals surface area (Å²) in [4.78, 5) is 0. The lowest BCUT2D eigenvalue weighted by atomic mass is 10.1.